The van der Waals surface area contributed by atoms with Gasteiger partial charge in [-0.3, -0.25) is 9.59 Å². The number of ketones is 1. The van der Waals surface area contributed by atoms with E-state index >= 15 is 0 Å². The highest BCUT2D eigenvalue weighted by molar-refractivity contribution is 6.10. The monoisotopic (exact) mass is 455 g/mol. The number of aryl methyl sites for hydroxylation is 2. The normalized spacial score (nSPS) is 18.6. The third-order valence-corrected chi connectivity index (χ3v) is 6.36. The van der Waals surface area contributed by atoms with E-state index in [0.29, 0.717) is 29.3 Å². The molecule has 1 amide bonds. The minimum absolute atomic E-state index is 0.175. The van der Waals surface area contributed by atoms with E-state index in [1.807, 2.05) is 50.2 Å². The van der Waals surface area contributed by atoms with Gasteiger partial charge in [-0.1, -0.05) is 54.1 Å². The van der Waals surface area contributed by atoms with Gasteiger partial charge in [0.05, 0.1) is 18.7 Å². The molecule has 3 aromatic carbocycles. The molecular weight excluding hydrogens is 430 g/mol. The highest BCUT2D eigenvalue weighted by atomic mass is 16.7. The summed E-state index contributed by atoms with van der Waals surface area (Å²) in [7, 11) is 0. The molecule has 2 aliphatic heterocycles. The fraction of sp³-hybridized carbons (Fsp3) is 0.214. The predicted molar refractivity (Wildman–Crippen MR) is 129 cm³/mol. The molecular formula is C28H25NO5. The van der Waals surface area contributed by atoms with Crippen LogP contribution in [0.25, 0.3) is 6.08 Å². The molecule has 0 aromatic heterocycles. The summed E-state index contributed by atoms with van der Waals surface area (Å²) >= 11 is 0. The van der Waals surface area contributed by atoms with Gasteiger partial charge in [-0.15, -0.1) is 0 Å². The van der Waals surface area contributed by atoms with Crippen molar-refractivity contribution in [3.05, 3.63) is 94.6 Å². The number of carbonyl (C=O) groups is 2. The van der Waals surface area contributed by atoms with Gasteiger partial charge in [0.15, 0.2) is 22.9 Å². The molecule has 2 aliphatic rings. The topological polar surface area (TPSA) is 76.1 Å². The Bertz CT molecular complexity index is 1330. The lowest BCUT2D eigenvalue weighted by Crippen LogP contribution is -2.41. The smallest absolute Gasteiger partial charge is 0.264 e. The summed E-state index contributed by atoms with van der Waals surface area (Å²) in [5.74, 6) is 0.446. The largest absolute Gasteiger partial charge is 0.454 e. The van der Waals surface area contributed by atoms with Crippen LogP contribution in [-0.4, -0.2) is 23.6 Å². The first-order valence-corrected chi connectivity index (χ1v) is 11.2. The summed E-state index contributed by atoms with van der Waals surface area (Å²) in [6, 6.07) is 18.6. The lowest BCUT2D eigenvalue weighted by molar-refractivity contribution is -0.140. The number of fused-ring (bicyclic) bond motifs is 2. The Balaban J connectivity index is 1.39. The minimum Gasteiger partial charge on any atom is -0.454 e. The zero-order chi connectivity index (χ0) is 23.9. The molecule has 6 nitrogen and oxygen atoms in total. The van der Waals surface area contributed by atoms with Crippen LogP contribution in [0, 0.1) is 13.8 Å². The van der Waals surface area contributed by atoms with Gasteiger partial charge in [0.25, 0.3) is 5.91 Å². The molecule has 34 heavy (non-hydrogen) atoms. The van der Waals surface area contributed by atoms with Crippen molar-refractivity contribution in [1.29, 1.82) is 0 Å². The molecule has 1 atom stereocenters. The molecule has 5 rings (SSSR count). The lowest BCUT2D eigenvalue weighted by atomic mass is 9.89. The second kappa shape index (κ2) is 8.47. The Morgan fingerprint density at radius 3 is 2.71 bits per heavy atom. The molecule has 6 heteroatoms. The van der Waals surface area contributed by atoms with Crippen molar-refractivity contribution in [3.8, 4) is 11.5 Å². The Hall–Kier alpha value is -3.90. The van der Waals surface area contributed by atoms with Crippen molar-refractivity contribution < 1.29 is 24.2 Å². The van der Waals surface area contributed by atoms with Crippen molar-refractivity contribution >= 4 is 23.5 Å². The van der Waals surface area contributed by atoms with Crippen LogP contribution in [0.4, 0.5) is 5.69 Å². The van der Waals surface area contributed by atoms with E-state index in [-0.39, 0.29) is 19.0 Å². The van der Waals surface area contributed by atoms with Crippen LogP contribution in [0.2, 0.25) is 0 Å². The van der Waals surface area contributed by atoms with Crippen LogP contribution in [-0.2, 0) is 21.7 Å². The number of benzene rings is 3. The third-order valence-electron chi connectivity index (χ3n) is 6.36. The first kappa shape index (κ1) is 21.9. The highest BCUT2D eigenvalue weighted by Gasteiger charge is 2.50. The van der Waals surface area contributed by atoms with Crippen molar-refractivity contribution in [3.63, 3.8) is 0 Å². The Labute approximate surface area is 198 Å². The number of rotatable bonds is 6. The highest BCUT2D eigenvalue weighted by Crippen LogP contribution is 2.43. The van der Waals surface area contributed by atoms with E-state index in [0.717, 1.165) is 22.3 Å². The number of ether oxygens (including phenoxy) is 2. The molecule has 0 unspecified atom stereocenters. The summed E-state index contributed by atoms with van der Waals surface area (Å²) in [5.41, 5.74) is 3.10. The van der Waals surface area contributed by atoms with Gasteiger partial charge in [0.2, 0.25) is 6.79 Å². The van der Waals surface area contributed by atoms with Gasteiger partial charge in [0, 0.05) is 5.56 Å². The summed E-state index contributed by atoms with van der Waals surface area (Å²) in [4.78, 5) is 27.9. The summed E-state index contributed by atoms with van der Waals surface area (Å²) in [6.45, 7) is 4.50. The number of amides is 1. The lowest BCUT2D eigenvalue weighted by Gasteiger charge is -2.23. The zero-order valence-corrected chi connectivity index (χ0v) is 19.1. The molecule has 2 heterocycles. The number of nitrogens with zero attached hydrogens (tertiary/aromatic N) is 1. The van der Waals surface area contributed by atoms with Gasteiger partial charge in [-0.05, 0) is 54.8 Å². The number of allylic oxidation sites excluding steroid dienone is 1. The van der Waals surface area contributed by atoms with E-state index < -0.39 is 11.5 Å². The molecule has 1 N–H and O–H groups in total. The van der Waals surface area contributed by atoms with E-state index in [9.17, 15) is 14.7 Å². The molecule has 0 radical (unpaired) electrons. The second-order valence-electron chi connectivity index (χ2n) is 8.79. The Morgan fingerprint density at radius 2 is 1.85 bits per heavy atom. The van der Waals surface area contributed by atoms with Gasteiger partial charge >= 0.3 is 0 Å². The van der Waals surface area contributed by atoms with Crippen molar-refractivity contribution in [2.75, 3.05) is 11.7 Å². The predicted octanol–water partition coefficient (Wildman–Crippen LogP) is 4.44. The summed E-state index contributed by atoms with van der Waals surface area (Å²) < 4.78 is 10.7. The maximum Gasteiger partial charge on any atom is 0.264 e. The summed E-state index contributed by atoms with van der Waals surface area (Å²) in [5, 5.41) is 11.5. The first-order chi connectivity index (χ1) is 16.3. The van der Waals surface area contributed by atoms with Gasteiger partial charge in [-0.25, -0.2) is 0 Å². The third kappa shape index (κ3) is 3.86. The average Bonchev–Trinajstić information content (AvgIpc) is 3.37. The Morgan fingerprint density at radius 1 is 1.06 bits per heavy atom. The molecule has 0 fully saturated rings. The van der Waals surface area contributed by atoms with Crippen LogP contribution >= 0.6 is 0 Å². The fourth-order valence-electron chi connectivity index (χ4n) is 4.49. The molecule has 0 saturated heterocycles. The number of anilines is 1. The molecule has 0 aliphatic carbocycles. The number of carbonyl (C=O) groups excluding carboxylic acids is 2. The van der Waals surface area contributed by atoms with E-state index in [1.165, 1.54) is 6.08 Å². The average molecular weight is 456 g/mol. The van der Waals surface area contributed by atoms with Crippen molar-refractivity contribution in [2.24, 2.45) is 0 Å². The van der Waals surface area contributed by atoms with Gasteiger partial charge in [-0.2, -0.15) is 0 Å². The van der Waals surface area contributed by atoms with Crippen molar-refractivity contribution in [1.82, 2.24) is 0 Å². The quantitative estimate of drug-likeness (QED) is 0.556. The van der Waals surface area contributed by atoms with E-state index in [1.54, 1.807) is 35.2 Å². The maximum absolute atomic E-state index is 13.5. The van der Waals surface area contributed by atoms with Crippen LogP contribution in [0.5, 0.6) is 11.5 Å². The van der Waals surface area contributed by atoms with Gasteiger partial charge < -0.3 is 19.5 Å². The summed E-state index contributed by atoms with van der Waals surface area (Å²) in [6.07, 6.45) is 2.69. The number of hydrogen-bond donors (Lipinski definition) is 1. The first-order valence-electron chi connectivity index (χ1n) is 11.2. The molecule has 0 spiro atoms. The number of para-hydroxylation sites is 1. The zero-order valence-electron chi connectivity index (χ0n) is 19.1. The van der Waals surface area contributed by atoms with E-state index in [4.69, 9.17) is 9.47 Å². The number of aliphatic hydroxyl groups is 1. The molecule has 0 bridgehead atoms. The molecule has 3 aromatic rings. The fourth-order valence-corrected chi connectivity index (χ4v) is 4.49. The van der Waals surface area contributed by atoms with Crippen molar-refractivity contribution in [2.45, 2.75) is 32.4 Å². The van der Waals surface area contributed by atoms with Crippen LogP contribution in [0.1, 0.15) is 34.2 Å². The maximum atomic E-state index is 13.5. The molecule has 172 valence electrons. The standard InChI is InChI=1S/C28H25NO5/c1-18-7-8-19(2)21(13-18)16-29-24-6-4-3-5-23(24)28(32,27(29)31)15-22(30)11-9-20-10-12-25-26(14-20)34-17-33-25/h3-14,32H,15-17H2,1-2H3/b11-9-/t28-/m1/s1. The van der Waals surface area contributed by atoms with Crippen LogP contribution in [0.15, 0.2) is 66.7 Å². The molecule has 0 saturated carbocycles. The second-order valence-corrected chi connectivity index (χ2v) is 8.79. The van der Waals surface area contributed by atoms with Crippen LogP contribution in [0.3, 0.4) is 0 Å². The SMILES string of the molecule is Cc1ccc(C)c(CN2C(=O)[C@@](O)(CC(=O)/C=C\c3ccc4c(c3)OCO4)c3ccccc32)c1. The van der Waals surface area contributed by atoms with Gasteiger partial charge in [0.1, 0.15) is 0 Å². The van der Waals surface area contributed by atoms with Crippen LogP contribution < -0.4 is 14.4 Å². The van der Waals surface area contributed by atoms with E-state index in [2.05, 4.69) is 0 Å². The Kier molecular flexibility index (Phi) is 5.46. The minimum atomic E-state index is -1.91. The number of hydrogen-bond acceptors (Lipinski definition) is 5.